The van der Waals surface area contributed by atoms with Gasteiger partial charge in [0.25, 0.3) is 0 Å². The van der Waals surface area contributed by atoms with Gasteiger partial charge in [0.15, 0.2) is 5.82 Å². The van der Waals surface area contributed by atoms with Crippen LogP contribution in [0.2, 0.25) is 30.7 Å². The molecule has 0 aliphatic rings. The lowest BCUT2D eigenvalue weighted by atomic mass is 10.7. The molecule has 2 N–H and O–H groups in total. The van der Waals surface area contributed by atoms with E-state index in [1.165, 1.54) is 0 Å². The van der Waals surface area contributed by atoms with Crippen molar-refractivity contribution in [1.29, 1.82) is 0 Å². The molecule has 0 saturated heterocycles. The summed E-state index contributed by atoms with van der Waals surface area (Å²) < 4.78 is 7.10. The Hall–Kier alpha value is -0.523. The van der Waals surface area contributed by atoms with Gasteiger partial charge in [-0.2, -0.15) is 5.10 Å². The van der Waals surface area contributed by atoms with Crippen LogP contribution in [0.3, 0.4) is 0 Å². The number of aromatic nitrogens is 2. The standard InChI is InChI=1S/C9H18ClN3OSi/c1-15(2,3)5-4-14-7-13-6-8(10)9(11)12-13/h6H,4-5,7H2,1-3H3,(H2,11,12). The molecule has 1 aromatic heterocycles. The van der Waals surface area contributed by atoms with Crippen molar-refractivity contribution in [3.63, 3.8) is 0 Å². The van der Waals surface area contributed by atoms with Crippen molar-refractivity contribution in [1.82, 2.24) is 9.78 Å². The fourth-order valence-electron chi connectivity index (χ4n) is 1.01. The quantitative estimate of drug-likeness (QED) is 0.642. The summed E-state index contributed by atoms with van der Waals surface area (Å²) in [5, 5.41) is 4.47. The second-order valence-electron chi connectivity index (χ2n) is 4.75. The minimum Gasteiger partial charge on any atom is -0.381 e. The van der Waals surface area contributed by atoms with Crippen LogP contribution in [0.5, 0.6) is 0 Å². The molecule has 0 bridgehead atoms. The fourth-order valence-corrected chi connectivity index (χ4v) is 1.92. The van der Waals surface area contributed by atoms with Crippen molar-refractivity contribution in [3.05, 3.63) is 11.2 Å². The maximum Gasteiger partial charge on any atom is 0.164 e. The van der Waals surface area contributed by atoms with E-state index < -0.39 is 8.07 Å². The second kappa shape index (κ2) is 5.00. The Labute approximate surface area is 96.4 Å². The number of halogens is 1. The first-order valence-electron chi connectivity index (χ1n) is 4.95. The van der Waals surface area contributed by atoms with E-state index in [2.05, 4.69) is 24.7 Å². The number of hydrogen-bond donors (Lipinski definition) is 1. The van der Waals surface area contributed by atoms with Crippen molar-refractivity contribution < 1.29 is 4.74 Å². The molecule has 6 heteroatoms. The molecule has 0 aliphatic heterocycles. The predicted octanol–water partition coefficient (Wildman–Crippen LogP) is 2.43. The molecule has 0 unspecified atom stereocenters. The number of nitrogen functional groups attached to an aromatic ring is 1. The van der Waals surface area contributed by atoms with E-state index in [1.807, 2.05) is 0 Å². The van der Waals surface area contributed by atoms with Crippen molar-refractivity contribution in [2.24, 2.45) is 0 Å². The predicted molar refractivity (Wildman–Crippen MR) is 65.8 cm³/mol. The van der Waals surface area contributed by atoms with Gasteiger partial charge in [-0.1, -0.05) is 31.2 Å². The molecule has 1 aromatic rings. The van der Waals surface area contributed by atoms with Gasteiger partial charge in [0.05, 0.1) is 0 Å². The van der Waals surface area contributed by atoms with Crippen LogP contribution < -0.4 is 5.73 Å². The van der Waals surface area contributed by atoms with Gasteiger partial charge in [-0.05, 0) is 6.04 Å². The Kier molecular flexibility index (Phi) is 4.18. The molecule has 1 rings (SSSR count). The third kappa shape index (κ3) is 4.68. The lowest BCUT2D eigenvalue weighted by molar-refractivity contribution is 0.0788. The zero-order valence-electron chi connectivity index (χ0n) is 9.46. The van der Waals surface area contributed by atoms with Gasteiger partial charge >= 0.3 is 0 Å². The summed E-state index contributed by atoms with van der Waals surface area (Å²) in [6.07, 6.45) is 1.67. The van der Waals surface area contributed by atoms with Crippen molar-refractivity contribution in [2.45, 2.75) is 32.4 Å². The van der Waals surface area contributed by atoms with Crippen LogP contribution in [0.15, 0.2) is 6.20 Å². The summed E-state index contributed by atoms with van der Waals surface area (Å²) in [4.78, 5) is 0. The Morgan fingerprint density at radius 1 is 1.53 bits per heavy atom. The Morgan fingerprint density at radius 2 is 2.20 bits per heavy atom. The first kappa shape index (κ1) is 12.5. The first-order valence-corrected chi connectivity index (χ1v) is 9.03. The second-order valence-corrected chi connectivity index (χ2v) is 10.8. The van der Waals surface area contributed by atoms with Crippen LogP contribution in [-0.2, 0) is 11.5 Å². The van der Waals surface area contributed by atoms with E-state index >= 15 is 0 Å². The molecule has 0 saturated carbocycles. The Bertz CT molecular complexity index is 302. The van der Waals surface area contributed by atoms with Crippen LogP contribution in [0, 0.1) is 0 Å². The summed E-state index contributed by atoms with van der Waals surface area (Å²) in [5.74, 6) is 0.352. The highest BCUT2D eigenvalue weighted by molar-refractivity contribution is 6.76. The van der Waals surface area contributed by atoms with Gasteiger partial charge in [0, 0.05) is 20.9 Å². The molecule has 0 radical (unpaired) electrons. The topological polar surface area (TPSA) is 53.1 Å². The summed E-state index contributed by atoms with van der Waals surface area (Å²) in [5.41, 5.74) is 5.50. The van der Waals surface area contributed by atoms with Crippen LogP contribution in [0.1, 0.15) is 0 Å². The maximum absolute atomic E-state index is 5.76. The van der Waals surface area contributed by atoms with E-state index in [1.54, 1.807) is 10.9 Å². The van der Waals surface area contributed by atoms with E-state index in [0.29, 0.717) is 17.6 Å². The molecule has 0 amide bonds. The Morgan fingerprint density at radius 3 is 2.67 bits per heavy atom. The zero-order valence-corrected chi connectivity index (χ0v) is 11.2. The largest absolute Gasteiger partial charge is 0.381 e. The average molecular weight is 248 g/mol. The number of rotatable bonds is 5. The highest BCUT2D eigenvalue weighted by atomic mass is 35.5. The fraction of sp³-hybridized carbons (Fsp3) is 0.667. The van der Waals surface area contributed by atoms with Crippen LogP contribution >= 0.6 is 11.6 Å². The van der Waals surface area contributed by atoms with Gasteiger partial charge in [0.1, 0.15) is 11.8 Å². The third-order valence-electron chi connectivity index (χ3n) is 1.96. The Balaban J connectivity index is 2.26. The highest BCUT2D eigenvalue weighted by Gasteiger charge is 2.12. The SMILES string of the molecule is C[Si](C)(C)CCOCn1cc(Cl)c(N)n1. The van der Waals surface area contributed by atoms with E-state index in [9.17, 15) is 0 Å². The van der Waals surface area contributed by atoms with Crippen molar-refractivity contribution in [2.75, 3.05) is 12.3 Å². The highest BCUT2D eigenvalue weighted by Crippen LogP contribution is 2.15. The number of nitrogens with two attached hydrogens (primary N) is 1. The summed E-state index contributed by atoms with van der Waals surface area (Å²) in [6.45, 7) is 8.14. The molecular formula is C9H18ClN3OSi. The van der Waals surface area contributed by atoms with E-state index in [0.717, 1.165) is 12.7 Å². The minimum absolute atomic E-state index is 0.352. The molecule has 15 heavy (non-hydrogen) atoms. The van der Waals surface area contributed by atoms with Crippen LogP contribution in [0.25, 0.3) is 0 Å². The maximum atomic E-state index is 5.76. The van der Waals surface area contributed by atoms with Crippen molar-refractivity contribution >= 4 is 25.5 Å². The van der Waals surface area contributed by atoms with Gasteiger partial charge in [0.2, 0.25) is 0 Å². The third-order valence-corrected chi connectivity index (χ3v) is 3.96. The number of anilines is 1. The van der Waals surface area contributed by atoms with Crippen molar-refractivity contribution in [3.8, 4) is 0 Å². The monoisotopic (exact) mass is 247 g/mol. The zero-order chi connectivity index (χ0) is 11.5. The number of nitrogens with zero attached hydrogens (tertiary/aromatic N) is 2. The van der Waals surface area contributed by atoms with Crippen LogP contribution in [0.4, 0.5) is 5.82 Å². The summed E-state index contributed by atoms with van der Waals surface area (Å²) in [7, 11) is -1.01. The molecule has 86 valence electrons. The minimum atomic E-state index is -1.01. The number of ether oxygens (including phenoxy) is 1. The molecule has 0 aliphatic carbocycles. The number of hydrogen-bond acceptors (Lipinski definition) is 3. The van der Waals surface area contributed by atoms with Gasteiger partial charge in [-0.25, -0.2) is 4.68 Å². The molecule has 0 atom stereocenters. The van der Waals surface area contributed by atoms with E-state index in [-0.39, 0.29) is 0 Å². The molecule has 0 fully saturated rings. The lowest BCUT2D eigenvalue weighted by Gasteiger charge is -2.15. The lowest BCUT2D eigenvalue weighted by Crippen LogP contribution is -2.22. The normalized spacial score (nSPS) is 12.0. The van der Waals surface area contributed by atoms with Crippen LogP contribution in [-0.4, -0.2) is 24.5 Å². The van der Waals surface area contributed by atoms with Gasteiger partial charge in [-0.3, -0.25) is 0 Å². The molecule has 0 spiro atoms. The summed E-state index contributed by atoms with van der Waals surface area (Å²) in [6, 6.07) is 1.15. The molecule has 4 nitrogen and oxygen atoms in total. The molecule has 1 heterocycles. The average Bonchev–Trinajstić information content (AvgIpc) is 2.39. The molecular weight excluding hydrogens is 230 g/mol. The van der Waals surface area contributed by atoms with Gasteiger partial charge < -0.3 is 10.5 Å². The van der Waals surface area contributed by atoms with E-state index in [4.69, 9.17) is 22.1 Å². The first-order chi connectivity index (χ1) is 6.88. The van der Waals surface area contributed by atoms with Gasteiger partial charge in [-0.15, -0.1) is 0 Å². The molecule has 0 aromatic carbocycles. The smallest absolute Gasteiger partial charge is 0.164 e. The summed E-state index contributed by atoms with van der Waals surface area (Å²) >= 11 is 5.76.